The van der Waals surface area contributed by atoms with E-state index in [1.807, 2.05) is 42.2 Å². The summed E-state index contributed by atoms with van der Waals surface area (Å²) in [6.45, 7) is 3.38. The van der Waals surface area contributed by atoms with Gasteiger partial charge in [-0.3, -0.25) is 9.48 Å². The summed E-state index contributed by atoms with van der Waals surface area (Å²) in [6.07, 6.45) is 6.39. The van der Waals surface area contributed by atoms with Gasteiger partial charge in [0, 0.05) is 30.3 Å². The molecule has 1 aromatic carbocycles. The SMILES string of the molecule is CCn1cc(COc2ccc3c(c2)C(=O)CCC3)cn1. The Hall–Kier alpha value is -2.10. The average molecular weight is 270 g/mol. The fourth-order valence-electron chi connectivity index (χ4n) is 2.52. The van der Waals surface area contributed by atoms with Crippen molar-refractivity contribution >= 4 is 5.78 Å². The molecule has 0 spiro atoms. The molecule has 0 bridgehead atoms. The van der Waals surface area contributed by atoms with Crippen molar-refractivity contribution in [2.45, 2.75) is 39.3 Å². The van der Waals surface area contributed by atoms with Gasteiger partial charge in [0.05, 0.1) is 6.20 Å². The fourth-order valence-corrected chi connectivity index (χ4v) is 2.52. The number of benzene rings is 1. The van der Waals surface area contributed by atoms with Crippen LogP contribution in [0.4, 0.5) is 0 Å². The largest absolute Gasteiger partial charge is 0.489 e. The number of fused-ring (bicyclic) bond motifs is 1. The molecule has 2 aromatic rings. The molecule has 0 fully saturated rings. The molecular formula is C16H18N2O2. The van der Waals surface area contributed by atoms with Crippen LogP contribution in [-0.4, -0.2) is 15.6 Å². The molecule has 0 N–H and O–H groups in total. The highest BCUT2D eigenvalue weighted by Crippen LogP contribution is 2.25. The first-order chi connectivity index (χ1) is 9.76. The second kappa shape index (κ2) is 5.49. The summed E-state index contributed by atoms with van der Waals surface area (Å²) in [6, 6.07) is 5.83. The van der Waals surface area contributed by atoms with E-state index in [0.29, 0.717) is 13.0 Å². The van der Waals surface area contributed by atoms with E-state index in [4.69, 9.17) is 4.74 Å². The van der Waals surface area contributed by atoms with Crippen molar-refractivity contribution in [1.29, 1.82) is 0 Å². The van der Waals surface area contributed by atoms with Gasteiger partial charge in [-0.1, -0.05) is 6.07 Å². The second-order valence-corrected chi connectivity index (χ2v) is 5.09. The molecule has 4 nitrogen and oxygen atoms in total. The van der Waals surface area contributed by atoms with Gasteiger partial charge in [-0.15, -0.1) is 0 Å². The molecule has 0 unspecified atom stereocenters. The van der Waals surface area contributed by atoms with Crippen molar-refractivity contribution in [1.82, 2.24) is 9.78 Å². The Morgan fingerprint density at radius 1 is 1.35 bits per heavy atom. The van der Waals surface area contributed by atoms with Gasteiger partial charge >= 0.3 is 0 Å². The molecule has 1 aliphatic rings. The minimum atomic E-state index is 0.232. The van der Waals surface area contributed by atoms with E-state index in [9.17, 15) is 4.79 Å². The van der Waals surface area contributed by atoms with Crippen LogP contribution in [0.3, 0.4) is 0 Å². The lowest BCUT2D eigenvalue weighted by atomic mass is 9.90. The number of Topliss-reactive ketones (excluding diaryl/α,β-unsaturated/α-hetero) is 1. The Labute approximate surface area is 118 Å². The maximum absolute atomic E-state index is 11.9. The third-order valence-electron chi connectivity index (χ3n) is 3.65. The molecule has 0 saturated carbocycles. The molecule has 3 rings (SSSR count). The molecule has 0 radical (unpaired) electrons. The summed E-state index contributed by atoms with van der Waals surface area (Å²) >= 11 is 0. The first-order valence-electron chi connectivity index (χ1n) is 7.06. The van der Waals surface area contributed by atoms with Crippen LogP contribution in [0.2, 0.25) is 0 Å². The predicted octanol–water partition coefficient (Wildman–Crippen LogP) is 3.00. The summed E-state index contributed by atoms with van der Waals surface area (Å²) in [5.74, 6) is 0.985. The zero-order valence-electron chi connectivity index (χ0n) is 11.6. The van der Waals surface area contributed by atoms with E-state index >= 15 is 0 Å². The zero-order valence-corrected chi connectivity index (χ0v) is 11.6. The first-order valence-corrected chi connectivity index (χ1v) is 7.06. The van der Waals surface area contributed by atoms with E-state index in [1.54, 1.807) is 0 Å². The Bertz CT molecular complexity index is 631. The van der Waals surface area contributed by atoms with Gasteiger partial charge < -0.3 is 4.74 Å². The van der Waals surface area contributed by atoms with E-state index < -0.39 is 0 Å². The fraction of sp³-hybridized carbons (Fsp3) is 0.375. The third kappa shape index (κ3) is 2.59. The van der Waals surface area contributed by atoms with E-state index in [0.717, 1.165) is 41.8 Å². The number of aromatic nitrogens is 2. The number of ketones is 1. The minimum Gasteiger partial charge on any atom is -0.489 e. The lowest BCUT2D eigenvalue weighted by Crippen LogP contribution is -2.10. The van der Waals surface area contributed by atoms with Crippen molar-refractivity contribution in [3.05, 3.63) is 47.3 Å². The van der Waals surface area contributed by atoms with Crippen LogP contribution in [0.1, 0.15) is 41.3 Å². The van der Waals surface area contributed by atoms with Gasteiger partial charge in [0.25, 0.3) is 0 Å². The molecule has 4 heteroatoms. The second-order valence-electron chi connectivity index (χ2n) is 5.09. The van der Waals surface area contributed by atoms with Crippen LogP contribution < -0.4 is 4.74 Å². The molecule has 0 amide bonds. The number of carbonyl (C=O) groups is 1. The summed E-state index contributed by atoms with van der Waals surface area (Å²) in [5, 5.41) is 4.21. The Morgan fingerprint density at radius 3 is 3.05 bits per heavy atom. The number of rotatable bonds is 4. The standard InChI is InChI=1S/C16H18N2O2/c1-2-18-10-12(9-17-18)11-20-14-7-6-13-4-3-5-16(19)15(13)8-14/h6-10H,2-5,11H2,1H3. The summed E-state index contributed by atoms with van der Waals surface area (Å²) in [4.78, 5) is 11.9. The number of hydrogen-bond acceptors (Lipinski definition) is 3. The molecule has 20 heavy (non-hydrogen) atoms. The van der Waals surface area contributed by atoms with Crippen molar-refractivity contribution in [2.75, 3.05) is 0 Å². The Morgan fingerprint density at radius 2 is 2.25 bits per heavy atom. The van der Waals surface area contributed by atoms with Crippen LogP contribution in [0, 0.1) is 0 Å². The molecule has 104 valence electrons. The van der Waals surface area contributed by atoms with Gasteiger partial charge in [-0.05, 0) is 37.5 Å². The smallest absolute Gasteiger partial charge is 0.163 e. The molecule has 0 atom stereocenters. The lowest BCUT2D eigenvalue weighted by Gasteiger charge is -2.15. The monoisotopic (exact) mass is 270 g/mol. The number of nitrogens with zero attached hydrogens (tertiary/aromatic N) is 2. The molecule has 1 aromatic heterocycles. The predicted molar refractivity (Wildman–Crippen MR) is 75.9 cm³/mol. The van der Waals surface area contributed by atoms with Crippen LogP contribution in [0.25, 0.3) is 0 Å². The van der Waals surface area contributed by atoms with Crippen molar-refractivity contribution < 1.29 is 9.53 Å². The maximum atomic E-state index is 11.9. The van der Waals surface area contributed by atoms with Gasteiger partial charge in [-0.2, -0.15) is 5.10 Å². The van der Waals surface area contributed by atoms with Crippen molar-refractivity contribution in [3.63, 3.8) is 0 Å². The lowest BCUT2D eigenvalue weighted by molar-refractivity contribution is 0.0972. The Kier molecular flexibility index (Phi) is 3.54. The summed E-state index contributed by atoms with van der Waals surface area (Å²) in [5.41, 5.74) is 3.02. The zero-order chi connectivity index (χ0) is 13.9. The Balaban J connectivity index is 1.71. The maximum Gasteiger partial charge on any atom is 0.163 e. The average Bonchev–Trinajstić information content (AvgIpc) is 2.94. The van der Waals surface area contributed by atoms with Gasteiger partial charge in [0.1, 0.15) is 12.4 Å². The van der Waals surface area contributed by atoms with Crippen LogP contribution in [0.15, 0.2) is 30.6 Å². The highest BCUT2D eigenvalue weighted by molar-refractivity contribution is 5.98. The minimum absolute atomic E-state index is 0.232. The topological polar surface area (TPSA) is 44.1 Å². The number of carbonyl (C=O) groups excluding carboxylic acids is 1. The highest BCUT2D eigenvalue weighted by Gasteiger charge is 2.17. The van der Waals surface area contributed by atoms with Crippen LogP contribution in [-0.2, 0) is 19.6 Å². The van der Waals surface area contributed by atoms with E-state index in [2.05, 4.69) is 5.10 Å². The third-order valence-corrected chi connectivity index (χ3v) is 3.65. The van der Waals surface area contributed by atoms with Gasteiger partial charge in [0.15, 0.2) is 5.78 Å². The van der Waals surface area contributed by atoms with E-state index in [1.165, 1.54) is 0 Å². The molecular weight excluding hydrogens is 252 g/mol. The normalized spacial score (nSPS) is 14.2. The first kappa shape index (κ1) is 12.9. The van der Waals surface area contributed by atoms with Gasteiger partial charge in [-0.25, -0.2) is 0 Å². The summed E-state index contributed by atoms with van der Waals surface area (Å²) < 4.78 is 7.63. The van der Waals surface area contributed by atoms with Crippen LogP contribution in [0.5, 0.6) is 5.75 Å². The van der Waals surface area contributed by atoms with Gasteiger partial charge in [0.2, 0.25) is 0 Å². The number of hydrogen-bond donors (Lipinski definition) is 0. The molecule has 1 aliphatic carbocycles. The molecule has 0 saturated heterocycles. The van der Waals surface area contributed by atoms with Crippen LogP contribution >= 0.6 is 0 Å². The molecule has 0 aliphatic heterocycles. The highest BCUT2D eigenvalue weighted by atomic mass is 16.5. The van der Waals surface area contributed by atoms with Crippen molar-refractivity contribution in [3.8, 4) is 5.75 Å². The van der Waals surface area contributed by atoms with Crippen molar-refractivity contribution in [2.24, 2.45) is 0 Å². The van der Waals surface area contributed by atoms with E-state index in [-0.39, 0.29) is 5.78 Å². The quantitative estimate of drug-likeness (QED) is 0.857. The number of aryl methyl sites for hydroxylation is 2. The number of ether oxygens (including phenoxy) is 1. The molecule has 1 heterocycles. The summed E-state index contributed by atoms with van der Waals surface area (Å²) in [7, 11) is 0.